The van der Waals surface area contributed by atoms with Crippen LogP contribution >= 0.6 is 0 Å². The number of aromatic nitrogens is 4. The number of fused-ring (bicyclic) bond motifs is 3. The van der Waals surface area contributed by atoms with E-state index in [4.69, 9.17) is 25.9 Å². The summed E-state index contributed by atoms with van der Waals surface area (Å²) in [6, 6.07) is 36.4. The first-order chi connectivity index (χ1) is 24.2. The van der Waals surface area contributed by atoms with E-state index in [-0.39, 0.29) is 23.9 Å². The lowest BCUT2D eigenvalue weighted by Crippen LogP contribution is -2.60. The van der Waals surface area contributed by atoms with E-state index < -0.39 is 31.3 Å². The number of hydrogen-bond donors (Lipinski definition) is 0. The van der Waals surface area contributed by atoms with Crippen LogP contribution in [0.2, 0.25) is 0 Å². The Kier molecular flexibility index (Phi) is 9.26. The zero-order valence-corrected chi connectivity index (χ0v) is 28.7. The summed E-state index contributed by atoms with van der Waals surface area (Å²) in [5, 5.41) is 0. The van der Waals surface area contributed by atoms with Gasteiger partial charge in [-0.15, -0.1) is 0 Å². The molecule has 18 heteroatoms. The molecule has 0 fully saturated rings. The Hall–Kier alpha value is -4.78. The maximum absolute atomic E-state index is 10.7. The predicted octanol–water partition coefficient (Wildman–Crippen LogP) is 5.42. The maximum atomic E-state index is 10.7. The predicted molar refractivity (Wildman–Crippen MR) is 172 cm³/mol. The second kappa shape index (κ2) is 13.0. The SMILES string of the molecule is Cn1c[n+]([C@H]2[C@H]3c4ccccc4[C@@H](c4ccccc43)[C@@H]2[n+]2cn(C)c3ccccc32)c2ccccc21.O=S(=O)([O-])C(F)(F)F.O=S(=O)([O-])C(F)(F)F. The van der Waals surface area contributed by atoms with Crippen molar-refractivity contribution in [1.82, 2.24) is 9.13 Å². The van der Waals surface area contributed by atoms with Gasteiger partial charge >= 0.3 is 11.0 Å². The van der Waals surface area contributed by atoms with Gasteiger partial charge in [-0.05, 0) is 46.5 Å². The molecule has 0 unspecified atom stereocenters. The molecule has 4 aromatic carbocycles. The van der Waals surface area contributed by atoms with Gasteiger partial charge in [-0.25, -0.2) is 35.1 Å². The molecule has 10 nitrogen and oxygen atoms in total. The molecule has 3 aliphatic rings. The Morgan fingerprint density at radius 3 is 1.04 bits per heavy atom. The molecular weight excluding hydrogens is 739 g/mol. The first-order valence-corrected chi connectivity index (χ1v) is 18.2. The van der Waals surface area contributed by atoms with Crippen molar-refractivity contribution in [3.63, 3.8) is 0 Å². The number of aryl methyl sites for hydroxylation is 2. The third-order valence-electron chi connectivity index (χ3n) is 9.25. The van der Waals surface area contributed by atoms with Crippen LogP contribution in [0.5, 0.6) is 0 Å². The molecule has 0 saturated heterocycles. The van der Waals surface area contributed by atoms with Crippen LogP contribution in [0, 0.1) is 0 Å². The van der Waals surface area contributed by atoms with Crippen LogP contribution in [0.1, 0.15) is 46.2 Å². The molecule has 6 aromatic rings. The Morgan fingerprint density at radius 2 is 0.769 bits per heavy atom. The van der Waals surface area contributed by atoms with Crippen LogP contribution < -0.4 is 9.13 Å². The Bertz CT molecular complexity index is 2310. The molecule has 52 heavy (non-hydrogen) atoms. The summed E-state index contributed by atoms with van der Waals surface area (Å²) in [5.41, 5.74) is -0.277. The van der Waals surface area contributed by atoms with Gasteiger partial charge in [-0.1, -0.05) is 72.8 Å². The highest BCUT2D eigenvalue weighted by molar-refractivity contribution is 7.86. The topological polar surface area (TPSA) is 132 Å². The van der Waals surface area contributed by atoms with Gasteiger partial charge in [-0.2, -0.15) is 26.3 Å². The highest BCUT2D eigenvalue weighted by Crippen LogP contribution is 2.59. The van der Waals surface area contributed by atoms with Gasteiger partial charge in [0, 0.05) is 0 Å². The van der Waals surface area contributed by atoms with Gasteiger partial charge in [-0.3, -0.25) is 0 Å². The van der Waals surface area contributed by atoms with Crippen molar-refractivity contribution >= 4 is 42.3 Å². The second-order valence-electron chi connectivity index (χ2n) is 12.2. The minimum Gasteiger partial charge on any atom is -0.741 e. The van der Waals surface area contributed by atoms with Crippen LogP contribution in [0.15, 0.2) is 110 Å². The average Bonchev–Trinajstić information content (AvgIpc) is 3.59. The van der Waals surface area contributed by atoms with Crippen molar-refractivity contribution in [3.05, 3.63) is 132 Å². The normalized spacial score (nSPS) is 19.7. The highest BCUT2D eigenvalue weighted by atomic mass is 32.2. The van der Waals surface area contributed by atoms with Gasteiger partial charge in [0.25, 0.3) is 0 Å². The summed E-state index contributed by atoms with van der Waals surface area (Å²) in [6.07, 6.45) is 4.64. The number of nitrogens with zero attached hydrogens (tertiary/aromatic N) is 4. The molecule has 0 spiro atoms. The van der Waals surface area contributed by atoms with E-state index in [1.165, 1.54) is 44.3 Å². The smallest absolute Gasteiger partial charge is 0.485 e. The molecule has 0 amide bonds. The fourth-order valence-corrected chi connectivity index (χ4v) is 7.33. The summed E-state index contributed by atoms with van der Waals surface area (Å²) >= 11 is 0. The first-order valence-electron chi connectivity index (χ1n) is 15.3. The largest absolute Gasteiger partial charge is 0.741 e. The quantitative estimate of drug-likeness (QED) is 0.100. The molecule has 9 rings (SSSR count). The minimum atomic E-state index is -6.09. The van der Waals surface area contributed by atoms with E-state index in [9.17, 15) is 26.3 Å². The van der Waals surface area contributed by atoms with E-state index in [1.54, 1.807) is 0 Å². The number of para-hydroxylation sites is 4. The number of hydrogen-bond acceptors (Lipinski definition) is 6. The third kappa shape index (κ3) is 6.44. The van der Waals surface area contributed by atoms with Crippen molar-refractivity contribution in [2.45, 2.75) is 34.9 Å². The maximum Gasteiger partial charge on any atom is 0.485 e. The van der Waals surface area contributed by atoms with Gasteiger partial charge in [0.05, 0.1) is 25.9 Å². The van der Waals surface area contributed by atoms with Crippen molar-refractivity contribution < 1.29 is 61.4 Å². The number of halogens is 6. The van der Waals surface area contributed by atoms with Crippen LogP contribution in [-0.2, 0) is 34.3 Å². The summed E-state index contributed by atoms with van der Waals surface area (Å²) in [7, 11) is -7.84. The Morgan fingerprint density at radius 1 is 0.519 bits per heavy atom. The molecule has 274 valence electrons. The standard InChI is InChI=1S/C32H28N4.2CHF3O3S/c1-33-19-35(27-17-9-7-15-25(27)33)31-29-21-11-3-5-13-23(21)30(24-14-6-4-12-22(24)29)32(31)36-20-34(2)26-16-8-10-18-28(26)36;2*2-1(3,4)8(5,6)7/h3-20,29-32H,1-2H3;2*(H,5,6,7)/q+2;;/p-2/t29-,30-,31-,32-;;/m0../s1. The molecular formula is C34H28F6N4O6S2. The molecule has 0 N–H and O–H groups in total. The van der Waals surface area contributed by atoms with Crippen LogP contribution in [-0.4, -0.2) is 46.1 Å². The molecule has 0 saturated carbocycles. The van der Waals surface area contributed by atoms with E-state index in [2.05, 4.69) is 142 Å². The van der Waals surface area contributed by atoms with Crippen molar-refractivity contribution in [2.75, 3.05) is 0 Å². The van der Waals surface area contributed by atoms with Gasteiger partial charge < -0.3 is 9.11 Å². The fraction of sp³-hybridized carbons (Fsp3) is 0.235. The number of rotatable bonds is 2. The van der Waals surface area contributed by atoms with Crippen molar-refractivity contribution in [1.29, 1.82) is 0 Å². The zero-order valence-electron chi connectivity index (χ0n) is 27.0. The van der Waals surface area contributed by atoms with E-state index in [0.717, 1.165) is 0 Å². The second-order valence-corrected chi connectivity index (χ2v) is 15.0. The lowest BCUT2D eigenvalue weighted by Gasteiger charge is -2.47. The summed E-state index contributed by atoms with van der Waals surface area (Å²) in [5.74, 6) is 0.546. The number of imidazole rings is 2. The fourth-order valence-electron chi connectivity index (χ4n) is 7.33. The van der Waals surface area contributed by atoms with Crippen molar-refractivity contribution in [2.24, 2.45) is 14.1 Å². The van der Waals surface area contributed by atoms with E-state index in [0.29, 0.717) is 0 Å². The zero-order chi connectivity index (χ0) is 38.0. The summed E-state index contributed by atoms with van der Waals surface area (Å²) < 4.78 is 127. The number of benzene rings is 4. The van der Waals surface area contributed by atoms with Gasteiger partial charge in [0.2, 0.25) is 12.7 Å². The highest BCUT2D eigenvalue weighted by Gasteiger charge is 2.56. The van der Waals surface area contributed by atoms with Crippen molar-refractivity contribution in [3.8, 4) is 0 Å². The summed E-state index contributed by atoms with van der Waals surface area (Å²) in [4.78, 5) is 0. The molecule has 0 radical (unpaired) electrons. The molecule has 2 bridgehead atoms. The molecule has 2 aromatic heterocycles. The lowest BCUT2D eigenvalue weighted by atomic mass is 9.59. The monoisotopic (exact) mass is 766 g/mol. The van der Waals surface area contributed by atoms with Crippen LogP contribution in [0.3, 0.4) is 0 Å². The first kappa shape index (κ1) is 37.0. The average molecular weight is 767 g/mol. The van der Waals surface area contributed by atoms with Gasteiger partial charge in [0.1, 0.15) is 0 Å². The van der Waals surface area contributed by atoms with E-state index >= 15 is 0 Å². The summed E-state index contributed by atoms with van der Waals surface area (Å²) in [6.45, 7) is 0. The van der Waals surface area contributed by atoms with Crippen LogP contribution in [0.25, 0.3) is 22.1 Å². The van der Waals surface area contributed by atoms with Gasteiger partial charge in [0.15, 0.2) is 54.4 Å². The molecule has 0 aliphatic heterocycles. The third-order valence-corrected chi connectivity index (χ3v) is 10.4. The Balaban J connectivity index is 0.000000245. The molecule has 2 atom stereocenters. The molecule has 2 heterocycles. The lowest BCUT2D eigenvalue weighted by molar-refractivity contribution is -0.800. The Labute approximate surface area is 293 Å². The van der Waals surface area contributed by atoms with E-state index in [1.807, 2.05) is 0 Å². The number of alkyl halides is 6. The van der Waals surface area contributed by atoms with Crippen LogP contribution in [0.4, 0.5) is 26.3 Å². The minimum absolute atomic E-state index is 0.238. The molecule has 3 aliphatic carbocycles.